The quantitative estimate of drug-likeness (QED) is 0.712. The molecule has 0 saturated carbocycles. The molecule has 0 radical (unpaired) electrons. The van der Waals surface area contributed by atoms with Gasteiger partial charge in [0.1, 0.15) is 5.69 Å². The molecule has 1 heterocycles. The molecule has 1 aromatic rings. The van der Waals surface area contributed by atoms with Gasteiger partial charge in [-0.3, -0.25) is 9.78 Å². The second-order valence-electron chi connectivity index (χ2n) is 2.94. The lowest BCUT2D eigenvalue weighted by Crippen LogP contribution is -2.12. The van der Waals surface area contributed by atoms with Gasteiger partial charge in [-0.15, -0.1) is 0 Å². The van der Waals surface area contributed by atoms with Gasteiger partial charge in [0.15, 0.2) is 5.78 Å². The average molecular weight is 256 g/mol. The van der Waals surface area contributed by atoms with Crippen LogP contribution >= 0.6 is 15.9 Å². The molecule has 1 aliphatic rings. The molecule has 1 aromatic heterocycles. The number of carbonyl (C=O) groups excluding carboxylic acids is 1. The van der Waals surface area contributed by atoms with Crippen molar-refractivity contribution in [2.45, 2.75) is 33.1 Å². The molecular weight excluding hydrogens is 242 g/mol. The average Bonchev–Trinajstić information content (AvgIpc) is 2.21. The highest BCUT2D eigenvalue weighted by molar-refractivity contribution is 9.10. The van der Waals surface area contributed by atoms with Crippen molar-refractivity contribution in [3.63, 3.8) is 0 Å². The molecule has 0 fully saturated rings. The monoisotopic (exact) mass is 255 g/mol. The van der Waals surface area contributed by atoms with Crippen LogP contribution in [0.3, 0.4) is 0 Å². The van der Waals surface area contributed by atoms with Gasteiger partial charge >= 0.3 is 0 Å². The standard InChI is InChI=1S/C9H8BrNO.C2H6/c10-7-4-6-2-1-3-8(12)9(6)11-5-7;1-2/h4-5H,1-3H2;1-2H3. The van der Waals surface area contributed by atoms with Crippen LogP contribution in [-0.2, 0) is 6.42 Å². The smallest absolute Gasteiger partial charge is 0.181 e. The number of rotatable bonds is 0. The van der Waals surface area contributed by atoms with E-state index in [0.717, 1.165) is 22.9 Å². The van der Waals surface area contributed by atoms with Crippen LogP contribution in [-0.4, -0.2) is 10.8 Å². The fraction of sp³-hybridized carbons (Fsp3) is 0.455. The summed E-state index contributed by atoms with van der Waals surface area (Å²) in [6.45, 7) is 4.00. The molecule has 3 heteroatoms. The molecule has 14 heavy (non-hydrogen) atoms. The van der Waals surface area contributed by atoms with E-state index >= 15 is 0 Å². The molecule has 2 nitrogen and oxygen atoms in total. The maximum atomic E-state index is 11.3. The number of ketones is 1. The van der Waals surface area contributed by atoms with Crippen LogP contribution in [0.2, 0.25) is 0 Å². The van der Waals surface area contributed by atoms with E-state index in [2.05, 4.69) is 20.9 Å². The number of aryl methyl sites for hydroxylation is 1. The van der Waals surface area contributed by atoms with Crippen molar-refractivity contribution in [2.24, 2.45) is 0 Å². The molecule has 0 saturated heterocycles. The molecule has 0 unspecified atom stereocenters. The zero-order valence-electron chi connectivity index (χ0n) is 8.51. The van der Waals surface area contributed by atoms with E-state index in [-0.39, 0.29) is 5.78 Å². The van der Waals surface area contributed by atoms with E-state index in [1.807, 2.05) is 19.9 Å². The molecule has 76 valence electrons. The van der Waals surface area contributed by atoms with Gasteiger partial charge in [-0.05, 0) is 40.4 Å². The van der Waals surface area contributed by atoms with Crippen molar-refractivity contribution < 1.29 is 4.79 Å². The van der Waals surface area contributed by atoms with E-state index in [9.17, 15) is 4.79 Å². The zero-order valence-corrected chi connectivity index (χ0v) is 10.1. The van der Waals surface area contributed by atoms with Crippen molar-refractivity contribution in [1.29, 1.82) is 0 Å². The molecule has 0 amide bonds. The summed E-state index contributed by atoms with van der Waals surface area (Å²) in [4.78, 5) is 15.4. The zero-order chi connectivity index (χ0) is 10.6. The number of pyridine rings is 1. The van der Waals surface area contributed by atoms with E-state index < -0.39 is 0 Å². The summed E-state index contributed by atoms with van der Waals surface area (Å²) in [6.07, 6.45) is 4.28. The summed E-state index contributed by atoms with van der Waals surface area (Å²) < 4.78 is 0.955. The first-order valence-electron chi connectivity index (χ1n) is 4.95. The van der Waals surface area contributed by atoms with Gasteiger partial charge in [0.2, 0.25) is 0 Å². The maximum Gasteiger partial charge on any atom is 0.181 e. The Morgan fingerprint density at radius 2 is 2.07 bits per heavy atom. The van der Waals surface area contributed by atoms with E-state index in [0.29, 0.717) is 12.1 Å². The van der Waals surface area contributed by atoms with Crippen LogP contribution in [0.15, 0.2) is 16.7 Å². The molecule has 0 bridgehead atoms. The van der Waals surface area contributed by atoms with Crippen LogP contribution in [0, 0.1) is 0 Å². The number of carbonyl (C=O) groups is 1. The van der Waals surface area contributed by atoms with Gasteiger partial charge in [0.25, 0.3) is 0 Å². The molecule has 2 rings (SSSR count). The Bertz CT molecular complexity index is 336. The van der Waals surface area contributed by atoms with Crippen molar-refractivity contribution in [1.82, 2.24) is 4.98 Å². The van der Waals surface area contributed by atoms with Crippen LogP contribution in [0.5, 0.6) is 0 Å². The van der Waals surface area contributed by atoms with Crippen molar-refractivity contribution in [3.8, 4) is 0 Å². The van der Waals surface area contributed by atoms with Gasteiger partial charge in [-0.2, -0.15) is 0 Å². The first kappa shape index (κ1) is 11.4. The largest absolute Gasteiger partial charge is 0.292 e. The summed E-state index contributed by atoms with van der Waals surface area (Å²) in [5, 5.41) is 0. The van der Waals surface area contributed by atoms with Gasteiger partial charge < -0.3 is 0 Å². The summed E-state index contributed by atoms with van der Waals surface area (Å²) in [5.41, 5.74) is 1.75. The number of nitrogens with zero attached hydrogens (tertiary/aromatic N) is 1. The number of hydrogen-bond acceptors (Lipinski definition) is 2. The second-order valence-corrected chi connectivity index (χ2v) is 3.85. The first-order chi connectivity index (χ1) is 6.77. The molecule has 0 spiro atoms. The predicted octanol–water partition coefficient (Wildman–Crippen LogP) is 3.39. The van der Waals surface area contributed by atoms with Crippen LogP contribution in [0.25, 0.3) is 0 Å². The minimum atomic E-state index is 0.184. The van der Waals surface area contributed by atoms with Gasteiger partial charge in [0, 0.05) is 17.1 Å². The highest BCUT2D eigenvalue weighted by atomic mass is 79.9. The van der Waals surface area contributed by atoms with Crippen LogP contribution in [0.1, 0.15) is 42.7 Å². The minimum absolute atomic E-state index is 0.184. The van der Waals surface area contributed by atoms with Crippen LogP contribution < -0.4 is 0 Å². The molecule has 1 aliphatic carbocycles. The molecular formula is C11H14BrNO. The normalized spacial score (nSPS) is 14.1. The fourth-order valence-corrected chi connectivity index (χ4v) is 1.86. The van der Waals surface area contributed by atoms with Gasteiger partial charge in [-0.1, -0.05) is 13.8 Å². The number of hydrogen-bond donors (Lipinski definition) is 0. The number of fused-ring (bicyclic) bond motifs is 1. The Morgan fingerprint density at radius 3 is 2.79 bits per heavy atom. The third-order valence-corrected chi connectivity index (χ3v) is 2.48. The predicted molar refractivity (Wildman–Crippen MR) is 60.6 cm³/mol. The molecule has 0 N–H and O–H groups in total. The van der Waals surface area contributed by atoms with Gasteiger partial charge in [0.05, 0.1) is 0 Å². The summed E-state index contributed by atoms with van der Waals surface area (Å²) in [6, 6.07) is 1.99. The number of Topliss-reactive ketones (excluding diaryl/α,β-unsaturated/α-hetero) is 1. The second kappa shape index (κ2) is 5.25. The Morgan fingerprint density at radius 1 is 1.36 bits per heavy atom. The van der Waals surface area contributed by atoms with Crippen molar-refractivity contribution >= 4 is 21.7 Å². The Hall–Kier alpha value is -0.700. The summed E-state index contributed by atoms with van der Waals surface area (Å²) in [7, 11) is 0. The van der Waals surface area contributed by atoms with E-state index in [1.54, 1.807) is 6.20 Å². The Kier molecular flexibility index (Phi) is 4.26. The van der Waals surface area contributed by atoms with E-state index in [4.69, 9.17) is 0 Å². The SMILES string of the molecule is CC.O=C1CCCc2cc(Br)cnc21. The third kappa shape index (κ3) is 2.41. The van der Waals surface area contributed by atoms with Crippen molar-refractivity contribution in [2.75, 3.05) is 0 Å². The first-order valence-corrected chi connectivity index (χ1v) is 5.74. The van der Waals surface area contributed by atoms with E-state index in [1.165, 1.54) is 0 Å². The molecule has 0 aromatic carbocycles. The van der Waals surface area contributed by atoms with Gasteiger partial charge in [-0.25, -0.2) is 0 Å². The minimum Gasteiger partial charge on any atom is -0.292 e. The summed E-state index contributed by atoms with van der Waals surface area (Å²) >= 11 is 3.34. The summed E-state index contributed by atoms with van der Waals surface area (Å²) in [5.74, 6) is 0.184. The Balaban J connectivity index is 0.000000461. The molecule has 0 atom stereocenters. The lowest BCUT2D eigenvalue weighted by Gasteiger charge is -2.12. The number of aromatic nitrogens is 1. The molecule has 0 aliphatic heterocycles. The number of halogens is 1. The topological polar surface area (TPSA) is 30.0 Å². The highest BCUT2D eigenvalue weighted by Gasteiger charge is 2.17. The lowest BCUT2D eigenvalue weighted by atomic mass is 9.95. The third-order valence-electron chi connectivity index (χ3n) is 2.05. The highest BCUT2D eigenvalue weighted by Crippen LogP contribution is 2.21. The lowest BCUT2D eigenvalue weighted by molar-refractivity contribution is 0.0967. The fourth-order valence-electron chi connectivity index (χ4n) is 1.48. The maximum absolute atomic E-state index is 11.3. The Labute approximate surface area is 92.9 Å². The van der Waals surface area contributed by atoms with Crippen LogP contribution in [0.4, 0.5) is 0 Å². The van der Waals surface area contributed by atoms with Crippen molar-refractivity contribution in [3.05, 3.63) is 28.0 Å².